The predicted molar refractivity (Wildman–Crippen MR) is 254 cm³/mol. The minimum absolute atomic E-state index is 0.508. The molecule has 61 heavy (non-hydrogen) atoms. The van der Waals surface area contributed by atoms with Gasteiger partial charge in [0.2, 0.25) is 0 Å². The number of anilines is 3. The first kappa shape index (κ1) is 34.0. The van der Waals surface area contributed by atoms with Crippen molar-refractivity contribution in [1.82, 2.24) is 0 Å². The Morgan fingerprint density at radius 2 is 0.803 bits per heavy atom. The molecule has 0 unspecified atom stereocenters. The van der Waals surface area contributed by atoms with Crippen LogP contribution in [0.5, 0.6) is 11.5 Å². The lowest BCUT2D eigenvalue weighted by Crippen LogP contribution is -2.32. The second kappa shape index (κ2) is 13.0. The van der Waals surface area contributed by atoms with Crippen molar-refractivity contribution >= 4 is 60.2 Å². The molecule has 2 nitrogen and oxygen atoms in total. The molecule has 0 fully saturated rings. The summed E-state index contributed by atoms with van der Waals surface area (Å²) in [4.78, 5) is 2.41. The van der Waals surface area contributed by atoms with E-state index in [2.05, 4.69) is 229 Å². The Kier molecular flexibility index (Phi) is 7.26. The minimum Gasteiger partial charge on any atom is -0.457 e. The van der Waals surface area contributed by atoms with Gasteiger partial charge in [-0.3, -0.25) is 0 Å². The maximum absolute atomic E-state index is 6.60. The molecule has 0 saturated heterocycles. The summed E-state index contributed by atoms with van der Waals surface area (Å²) in [6.07, 6.45) is 0. The van der Waals surface area contributed by atoms with Crippen molar-refractivity contribution in [2.45, 2.75) is 5.41 Å². The number of nitrogens with zero attached hydrogens (tertiary/aromatic N) is 1. The molecule has 11 aromatic carbocycles. The van der Waals surface area contributed by atoms with Gasteiger partial charge in [-0.15, -0.1) is 0 Å². The van der Waals surface area contributed by atoms with Crippen molar-refractivity contribution < 1.29 is 4.74 Å². The maximum Gasteiger partial charge on any atom is 0.132 e. The number of hydrogen-bond donors (Lipinski definition) is 0. The van der Waals surface area contributed by atoms with Crippen LogP contribution in [-0.2, 0) is 5.41 Å². The molecule has 0 saturated carbocycles. The Morgan fingerprint density at radius 3 is 1.51 bits per heavy atom. The second-order valence-corrected chi connectivity index (χ2v) is 16.4. The van der Waals surface area contributed by atoms with Gasteiger partial charge in [0.25, 0.3) is 0 Å². The third kappa shape index (κ3) is 4.85. The molecule has 11 aromatic rings. The molecule has 1 heterocycles. The minimum atomic E-state index is -0.508. The summed E-state index contributed by atoms with van der Waals surface area (Å²) in [7, 11) is 0. The summed E-state index contributed by atoms with van der Waals surface area (Å²) in [5, 5.41) is 10.0. The molecular formula is C59H37NO. The molecule has 0 atom stereocenters. The van der Waals surface area contributed by atoms with Crippen LogP contribution in [0.4, 0.5) is 17.1 Å². The third-order valence-corrected chi connectivity index (χ3v) is 13.3. The normalized spacial score (nSPS) is 13.2. The van der Waals surface area contributed by atoms with Crippen LogP contribution in [0.25, 0.3) is 65.3 Å². The zero-order valence-corrected chi connectivity index (χ0v) is 33.2. The smallest absolute Gasteiger partial charge is 0.132 e. The number of ether oxygens (including phenoxy) is 1. The number of fused-ring (bicyclic) bond motifs is 16. The zero-order valence-electron chi connectivity index (χ0n) is 33.2. The van der Waals surface area contributed by atoms with Crippen LogP contribution in [-0.4, -0.2) is 0 Å². The average molecular weight is 776 g/mol. The van der Waals surface area contributed by atoms with Crippen molar-refractivity contribution in [3.8, 4) is 33.8 Å². The fourth-order valence-corrected chi connectivity index (χ4v) is 10.7. The lowest BCUT2D eigenvalue weighted by atomic mass is 9.66. The van der Waals surface area contributed by atoms with Crippen molar-refractivity contribution in [3.05, 3.63) is 247 Å². The van der Waals surface area contributed by atoms with E-state index in [1.54, 1.807) is 0 Å². The first-order chi connectivity index (χ1) is 30.3. The molecule has 2 heteroatoms. The van der Waals surface area contributed by atoms with E-state index in [0.29, 0.717) is 0 Å². The van der Waals surface area contributed by atoms with Gasteiger partial charge in [0.05, 0.1) is 5.41 Å². The summed E-state index contributed by atoms with van der Waals surface area (Å²) in [5.41, 5.74) is 12.7. The lowest BCUT2D eigenvalue weighted by Gasteiger charge is -2.39. The molecule has 0 aromatic heterocycles. The Bertz CT molecular complexity index is 3500. The van der Waals surface area contributed by atoms with Gasteiger partial charge < -0.3 is 9.64 Å². The second-order valence-electron chi connectivity index (χ2n) is 16.4. The zero-order chi connectivity index (χ0) is 40.1. The summed E-state index contributed by atoms with van der Waals surface area (Å²) in [6, 6.07) is 82.2. The highest BCUT2D eigenvalue weighted by molar-refractivity contribution is 6.25. The molecule has 1 aliphatic carbocycles. The predicted octanol–water partition coefficient (Wildman–Crippen LogP) is 15.9. The average Bonchev–Trinajstić information content (AvgIpc) is 3.63. The van der Waals surface area contributed by atoms with Gasteiger partial charge in [0.15, 0.2) is 0 Å². The maximum atomic E-state index is 6.60. The first-order valence-corrected chi connectivity index (χ1v) is 21.1. The van der Waals surface area contributed by atoms with E-state index in [0.717, 1.165) is 28.6 Å². The standard InChI is InChI=1S/C59H37NO/c1-2-15-40-36-42(33-28-38(40)14-1)60(43-34-35-49-47-18-4-3-16-45(47)46-17-5-6-19-48(46)51(49)37-43)41-31-29-39(30-32-41)44-21-13-25-55-58(44)50-20-7-8-22-52(50)59(55)53-23-9-11-26-56(53)61-57-27-12-10-24-54(57)59/h1-37H. The first-order valence-electron chi connectivity index (χ1n) is 21.1. The van der Waals surface area contributed by atoms with Crippen LogP contribution in [0.2, 0.25) is 0 Å². The molecule has 0 radical (unpaired) electrons. The Hall–Kier alpha value is -7.94. The highest BCUT2D eigenvalue weighted by atomic mass is 16.5. The van der Waals surface area contributed by atoms with Gasteiger partial charge in [0.1, 0.15) is 11.5 Å². The molecule has 0 bridgehead atoms. The van der Waals surface area contributed by atoms with Crippen LogP contribution in [0.15, 0.2) is 224 Å². The summed E-state index contributed by atoms with van der Waals surface area (Å²) < 4.78 is 6.60. The number of benzene rings is 11. The van der Waals surface area contributed by atoms with Crippen LogP contribution >= 0.6 is 0 Å². The Balaban J connectivity index is 1.00. The SMILES string of the molecule is c1ccc2c(c1)Oc1ccccc1C21c2ccccc2-c2c(-c3ccc(N(c4ccc5ccccc5c4)c4ccc5c6ccccc6c6ccccc6c5c4)cc3)cccc21. The van der Waals surface area contributed by atoms with Crippen molar-refractivity contribution in [3.63, 3.8) is 0 Å². The quantitative estimate of drug-likeness (QED) is 0.165. The molecular weight excluding hydrogens is 739 g/mol. The lowest BCUT2D eigenvalue weighted by molar-refractivity contribution is 0.436. The summed E-state index contributed by atoms with van der Waals surface area (Å²) in [5.74, 6) is 1.81. The van der Waals surface area contributed by atoms with Gasteiger partial charge in [0, 0.05) is 28.2 Å². The van der Waals surface area contributed by atoms with E-state index in [4.69, 9.17) is 4.74 Å². The van der Waals surface area contributed by atoms with Gasteiger partial charge >= 0.3 is 0 Å². The Morgan fingerprint density at radius 1 is 0.311 bits per heavy atom. The van der Waals surface area contributed by atoms with Crippen LogP contribution in [0.1, 0.15) is 22.3 Å². The third-order valence-electron chi connectivity index (χ3n) is 13.3. The van der Waals surface area contributed by atoms with Gasteiger partial charge in [-0.2, -0.15) is 0 Å². The van der Waals surface area contributed by atoms with E-state index in [9.17, 15) is 0 Å². The molecule has 284 valence electrons. The van der Waals surface area contributed by atoms with Crippen molar-refractivity contribution in [2.24, 2.45) is 0 Å². The largest absolute Gasteiger partial charge is 0.457 e. The molecule has 0 amide bonds. The van der Waals surface area contributed by atoms with Gasteiger partial charge in [-0.05, 0) is 125 Å². The van der Waals surface area contributed by atoms with Crippen LogP contribution < -0.4 is 9.64 Å². The summed E-state index contributed by atoms with van der Waals surface area (Å²) >= 11 is 0. The Labute approximate surface area is 354 Å². The van der Waals surface area contributed by atoms with Crippen LogP contribution in [0.3, 0.4) is 0 Å². The molecule has 13 rings (SSSR count). The van der Waals surface area contributed by atoms with Gasteiger partial charge in [-0.25, -0.2) is 0 Å². The topological polar surface area (TPSA) is 12.5 Å². The van der Waals surface area contributed by atoms with E-state index >= 15 is 0 Å². The fraction of sp³-hybridized carbons (Fsp3) is 0.0169. The van der Waals surface area contributed by atoms with Crippen LogP contribution in [0, 0.1) is 0 Å². The fourth-order valence-electron chi connectivity index (χ4n) is 10.7. The van der Waals surface area contributed by atoms with Crippen molar-refractivity contribution in [2.75, 3.05) is 4.90 Å². The highest BCUT2D eigenvalue weighted by Gasteiger charge is 2.51. The summed E-state index contributed by atoms with van der Waals surface area (Å²) in [6.45, 7) is 0. The van der Waals surface area contributed by atoms with E-state index in [1.807, 2.05) is 0 Å². The number of para-hydroxylation sites is 2. The van der Waals surface area contributed by atoms with Crippen molar-refractivity contribution in [1.29, 1.82) is 0 Å². The number of hydrogen-bond acceptors (Lipinski definition) is 2. The van der Waals surface area contributed by atoms with E-state index in [1.165, 1.54) is 87.6 Å². The highest BCUT2D eigenvalue weighted by Crippen LogP contribution is 2.63. The molecule has 0 N–H and O–H groups in total. The number of rotatable bonds is 4. The molecule has 2 aliphatic rings. The molecule has 1 spiro atoms. The van der Waals surface area contributed by atoms with Gasteiger partial charge in [-0.1, -0.05) is 176 Å². The van der Waals surface area contributed by atoms with E-state index < -0.39 is 5.41 Å². The monoisotopic (exact) mass is 775 g/mol. The molecule has 1 aliphatic heterocycles. The van der Waals surface area contributed by atoms with E-state index in [-0.39, 0.29) is 0 Å².